The maximum Gasteiger partial charge on any atom is 0.163 e. The molecule has 3 heterocycles. The van der Waals surface area contributed by atoms with Gasteiger partial charge in [0.05, 0.1) is 22.1 Å². The van der Waals surface area contributed by atoms with Crippen molar-refractivity contribution in [1.82, 2.24) is 19.6 Å². The lowest BCUT2D eigenvalue weighted by atomic mass is 10.3. The van der Waals surface area contributed by atoms with Crippen LogP contribution in [0, 0.1) is 0 Å². The second-order valence-corrected chi connectivity index (χ2v) is 3.70. The van der Waals surface area contributed by atoms with Crippen LogP contribution in [-0.2, 0) is 0 Å². The number of hydrogen-bond donors (Lipinski definition) is 0. The molecule has 3 aromatic heterocycles. The van der Waals surface area contributed by atoms with Crippen LogP contribution in [0.5, 0.6) is 0 Å². The second kappa shape index (κ2) is 2.88. The van der Waals surface area contributed by atoms with Gasteiger partial charge in [-0.25, -0.2) is 9.50 Å². The molecule has 0 aliphatic heterocycles. The largest absolute Gasteiger partial charge is 0.252 e. The highest BCUT2D eigenvalue weighted by Gasteiger charge is 2.07. The molecule has 0 aliphatic rings. The van der Waals surface area contributed by atoms with Gasteiger partial charge < -0.3 is 0 Å². The molecule has 0 spiro atoms. The Labute approximate surface area is 83.9 Å². The van der Waals surface area contributed by atoms with Crippen LogP contribution in [0.25, 0.3) is 16.1 Å². The fourth-order valence-corrected chi connectivity index (χ4v) is 1.98. The number of fused-ring (bicyclic) bond motifs is 1. The van der Waals surface area contributed by atoms with Gasteiger partial charge in [0, 0.05) is 18.6 Å². The van der Waals surface area contributed by atoms with Gasteiger partial charge in [-0.05, 0) is 6.07 Å². The highest BCUT2D eigenvalue weighted by molar-refractivity contribution is 7.13. The van der Waals surface area contributed by atoms with Crippen molar-refractivity contribution in [3.8, 4) is 10.4 Å². The van der Waals surface area contributed by atoms with Gasteiger partial charge in [0.15, 0.2) is 5.65 Å². The lowest BCUT2D eigenvalue weighted by molar-refractivity contribution is 0.939. The van der Waals surface area contributed by atoms with Gasteiger partial charge in [0.2, 0.25) is 0 Å². The zero-order valence-electron chi connectivity index (χ0n) is 7.16. The van der Waals surface area contributed by atoms with E-state index in [0.29, 0.717) is 0 Å². The summed E-state index contributed by atoms with van der Waals surface area (Å²) in [6, 6.07) is 1.86. The van der Waals surface area contributed by atoms with E-state index in [0.717, 1.165) is 16.1 Å². The fourth-order valence-electron chi connectivity index (χ4n) is 1.35. The summed E-state index contributed by atoms with van der Waals surface area (Å²) in [4.78, 5) is 9.41. The summed E-state index contributed by atoms with van der Waals surface area (Å²) >= 11 is 1.59. The Hall–Kier alpha value is -1.75. The minimum absolute atomic E-state index is 0.872. The third-order valence-corrected chi connectivity index (χ3v) is 2.78. The summed E-state index contributed by atoms with van der Waals surface area (Å²) in [6.07, 6.45) is 7.29. The van der Waals surface area contributed by atoms with Crippen molar-refractivity contribution in [1.29, 1.82) is 0 Å². The summed E-state index contributed by atoms with van der Waals surface area (Å²) in [7, 11) is 0. The zero-order valence-corrected chi connectivity index (χ0v) is 7.98. The standard InChI is InChI=1S/C9H6N4S/c1-2-11-9-7(4-12-13(9)3-1)8-5-10-6-14-8/h1-6H. The molecular formula is C9H6N4S. The van der Waals surface area contributed by atoms with Crippen LogP contribution in [0.3, 0.4) is 0 Å². The highest BCUT2D eigenvalue weighted by Crippen LogP contribution is 2.25. The smallest absolute Gasteiger partial charge is 0.163 e. The van der Waals surface area contributed by atoms with E-state index in [-0.39, 0.29) is 0 Å². The molecule has 0 unspecified atom stereocenters. The average molecular weight is 202 g/mol. The molecule has 0 aromatic carbocycles. The average Bonchev–Trinajstić information content (AvgIpc) is 2.85. The number of nitrogens with zero attached hydrogens (tertiary/aromatic N) is 4. The van der Waals surface area contributed by atoms with Crippen LogP contribution in [0.4, 0.5) is 0 Å². The SMILES string of the molecule is c1cnc2c(-c3cncs3)cnn2c1. The molecule has 14 heavy (non-hydrogen) atoms. The van der Waals surface area contributed by atoms with Gasteiger partial charge >= 0.3 is 0 Å². The molecule has 0 aliphatic carbocycles. The van der Waals surface area contributed by atoms with Crippen molar-refractivity contribution >= 4 is 17.0 Å². The Morgan fingerprint density at radius 2 is 2.29 bits per heavy atom. The molecule has 0 amide bonds. The molecule has 0 saturated carbocycles. The van der Waals surface area contributed by atoms with Crippen LogP contribution in [0.2, 0.25) is 0 Å². The predicted octanol–water partition coefficient (Wildman–Crippen LogP) is 1.85. The van der Waals surface area contributed by atoms with Gasteiger partial charge in [-0.3, -0.25) is 4.98 Å². The van der Waals surface area contributed by atoms with Gasteiger partial charge in [0.25, 0.3) is 0 Å². The van der Waals surface area contributed by atoms with E-state index >= 15 is 0 Å². The van der Waals surface area contributed by atoms with Crippen molar-refractivity contribution < 1.29 is 0 Å². The third kappa shape index (κ3) is 1.03. The van der Waals surface area contributed by atoms with Crippen molar-refractivity contribution in [2.75, 3.05) is 0 Å². The summed E-state index contributed by atoms with van der Waals surface area (Å²) in [5.74, 6) is 0. The third-order valence-electron chi connectivity index (χ3n) is 1.98. The van der Waals surface area contributed by atoms with E-state index in [2.05, 4.69) is 15.1 Å². The van der Waals surface area contributed by atoms with Crippen LogP contribution < -0.4 is 0 Å². The van der Waals surface area contributed by atoms with E-state index in [1.54, 1.807) is 22.0 Å². The monoisotopic (exact) mass is 202 g/mol. The molecule has 0 fully saturated rings. The summed E-state index contributed by atoms with van der Waals surface area (Å²) in [5.41, 5.74) is 3.71. The number of thiazole rings is 1. The lowest BCUT2D eigenvalue weighted by Gasteiger charge is -1.92. The van der Waals surface area contributed by atoms with E-state index in [1.165, 1.54) is 0 Å². The Balaban J connectivity index is 2.33. The molecule has 0 radical (unpaired) electrons. The maximum absolute atomic E-state index is 4.28. The minimum atomic E-state index is 0.872. The summed E-state index contributed by atoms with van der Waals surface area (Å²) in [6.45, 7) is 0. The summed E-state index contributed by atoms with van der Waals surface area (Å²) in [5, 5.41) is 4.21. The zero-order chi connectivity index (χ0) is 9.38. The quantitative estimate of drug-likeness (QED) is 0.604. The minimum Gasteiger partial charge on any atom is -0.252 e. The summed E-state index contributed by atoms with van der Waals surface area (Å²) < 4.78 is 1.76. The Morgan fingerprint density at radius 1 is 1.29 bits per heavy atom. The van der Waals surface area contributed by atoms with Crippen molar-refractivity contribution in [2.24, 2.45) is 0 Å². The number of hydrogen-bond acceptors (Lipinski definition) is 4. The van der Waals surface area contributed by atoms with Crippen LogP contribution in [-0.4, -0.2) is 19.6 Å². The van der Waals surface area contributed by atoms with E-state index in [4.69, 9.17) is 0 Å². The molecule has 3 rings (SSSR count). The molecule has 0 bridgehead atoms. The first kappa shape index (κ1) is 7.64. The molecule has 0 N–H and O–H groups in total. The molecule has 0 saturated heterocycles. The molecule has 5 heteroatoms. The van der Waals surface area contributed by atoms with Crippen molar-refractivity contribution in [2.45, 2.75) is 0 Å². The van der Waals surface area contributed by atoms with Gasteiger partial charge in [-0.1, -0.05) is 0 Å². The Morgan fingerprint density at radius 3 is 3.14 bits per heavy atom. The first-order valence-corrected chi connectivity index (χ1v) is 5.00. The van der Waals surface area contributed by atoms with Gasteiger partial charge in [-0.2, -0.15) is 5.10 Å². The first-order valence-electron chi connectivity index (χ1n) is 4.12. The molecular weight excluding hydrogens is 196 g/mol. The van der Waals surface area contributed by atoms with E-state index in [1.807, 2.05) is 30.2 Å². The van der Waals surface area contributed by atoms with Gasteiger partial charge in [0.1, 0.15) is 0 Å². The lowest BCUT2D eigenvalue weighted by Crippen LogP contribution is -1.86. The van der Waals surface area contributed by atoms with Gasteiger partial charge in [-0.15, -0.1) is 11.3 Å². The van der Waals surface area contributed by atoms with E-state index < -0.39 is 0 Å². The number of rotatable bonds is 1. The Kier molecular flexibility index (Phi) is 1.57. The molecule has 4 nitrogen and oxygen atoms in total. The molecule has 0 atom stereocenters. The van der Waals surface area contributed by atoms with Crippen molar-refractivity contribution in [3.63, 3.8) is 0 Å². The number of aromatic nitrogens is 4. The molecule has 68 valence electrons. The normalized spacial score (nSPS) is 10.9. The van der Waals surface area contributed by atoms with Crippen LogP contribution >= 0.6 is 11.3 Å². The first-order chi connectivity index (χ1) is 6.95. The van der Waals surface area contributed by atoms with Crippen LogP contribution in [0.15, 0.2) is 36.4 Å². The topological polar surface area (TPSA) is 43.1 Å². The fraction of sp³-hybridized carbons (Fsp3) is 0. The van der Waals surface area contributed by atoms with Crippen LogP contribution in [0.1, 0.15) is 0 Å². The second-order valence-electron chi connectivity index (χ2n) is 2.81. The maximum atomic E-state index is 4.28. The van der Waals surface area contributed by atoms with E-state index in [9.17, 15) is 0 Å². The molecule has 3 aromatic rings. The predicted molar refractivity (Wildman–Crippen MR) is 54.1 cm³/mol. The van der Waals surface area contributed by atoms with Crippen molar-refractivity contribution in [3.05, 3.63) is 36.4 Å². The highest BCUT2D eigenvalue weighted by atomic mass is 32.1. The Bertz CT molecular complexity index is 555.